The number of hydrogen-bond donors (Lipinski definition) is 1. The molecule has 2 rings (SSSR count). The quantitative estimate of drug-likeness (QED) is 0.881. The van der Waals surface area contributed by atoms with Crippen LogP contribution in [0.25, 0.3) is 0 Å². The molecule has 0 radical (unpaired) electrons. The summed E-state index contributed by atoms with van der Waals surface area (Å²) in [5.41, 5.74) is 0.133. The van der Waals surface area contributed by atoms with Crippen molar-refractivity contribution in [1.82, 2.24) is 4.98 Å². The van der Waals surface area contributed by atoms with Gasteiger partial charge in [0.25, 0.3) is 0 Å². The maximum atomic E-state index is 10.8. The standard InChI is InChI=1S/C12H7Br2NO3/c13-8-1-2-10(9(14)6-8)18-11-5-7(12(16)17)3-4-15-11/h1-6H,(H,16,17). The molecule has 1 aromatic carbocycles. The van der Waals surface area contributed by atoms with Gasteiger partial charge in [-0.05, 0) is 40.2 Å². The topological polar surface area (TPSA) is 59.4 Å². The fraction of sp³-hybridized carbons (Fsp3) is 0. The van der Waals surface area contributed by atoms with Crippen molar-refractivity contribution in [3.63, 3.8) is 0 Å². The molecule has 1 N–H and O–H groups in total. The van der Waals surface area contributed by atoms with Crippen LogP contribution in [-0.2, 0) is 0 Å². The number of benzene rings is 1. The summed E-state index contributed by atoms with van der Waals surface area (Å²) < 4.78 is 7.17. The number of carboxylic acids is 1. The number of hydrogen-bond acceptors (Lipinski definition) is 3. The zero-order valence-electron chi connectivity index (χ0n) is 8.93. The Morgan fingerprint density at radius 2 is 2.00 bits per heavy atom. The Kier molecular flexibility index (Phi) is 3.98. The Labute approximate surface area is 120 Å². The minimum absolute atomic E-state index is 0.133. The lowest BCUT2D eigenvalue weighted by Crippen LogP contribution is -1.97. The second-order valence-electron chi connectivity index (χ2n) is 3.36. The van der Waals surface area contributed by atoms with Crippen LogP contribution < -0.4 is 4.74 Å². The third-order valence-corrected chi connectivity index (χ3v) is 3.20. The number of carboxylic acid groups (broad SMARTS) is 1. The van der Waals surface area contributed by atoms with Crippen LogP contribution >= 0.6 is 31.9 Å². The first kappa shape index (κ1) is 13.0. The van der Waals surface area contributed by atoms with Gasteiger partial charge in [0.05, 0.1) is 10.0 Å². The summed E-state index contributed by atoms with van der Waals surface area (Å²) in [6, 6.07) is 8.18. The lowest BCUT2D eigenvalue weighted by molar-refractivity contribution is 0.0696. The van der Waals surface area contributed by atoms with Crippen molar-refractivity contribution >= 4 is 37.8 Å². The predicted octanol–water partition coefficient (Wildman–Crippen LogP) is 4.10. The van der Waals surface area contributed by atoms with Crippen LogP contribution in [0.4, 0.5) is 0 Å². The van der Waals surface area contributed by atoms with Crippen LogP contribution in [0.3, 0.4) is 0 Å². The number of carbonyl (C=O) groups is 1. The number of halogens is 2. The van der Waals surface area contributed by atoms with Crippen molar-refractivity contribution in [1.29, 1.82) is 0 Å². The maximum absolute atomic E-state index is 10.8. The van der Waals surface area contributed by atoms with Gasteiger partial charge >= 0.3 is 5.97 Å². The van der Waals surface area contributed by atoms with Gasteiger partial charge in [-0.1, -0.05) is 15.9 Å². The number of pyridine rings is 1. The summed E-state index contributed by atoms with van der Waals surface area (Å²) in [4.78, 5) is 14.8. The van der Waals surface area contributed by atoms with E-state index in [1.807, 2.05) is 12.1 Å². The summed E-state index contributed by atoms with van der Waals surface area (Å²) in [6.07, 6.45) is 1.39. The van der Waals surface area contributed by atoms with Gasteiger partial charge in [-0.25, -0.2) is 9.78 Å². The van der Waals surface area contributed by atoms with Crippen LogP contribution in [0.2, 0.25) is 0 Å². The van der Waals surface area contributed by atoms with Crippen LogP contribution in [-0.4, -0.2) is 16.1 Å². The number of aromatic nitrogens is 1. The molecule has 0 aliphatic heterocycles. The Hall–Kier alpha value is -1.40. The molecule has 0 bridgehead atoms. The van der Waals surface area contributed by atoms with E-state index in [0.717, 1.165) is 8.95 Å². The summed E-state index contributed by atoms with van der Waals surface area (Å²) in [5, 5.41) is 8.87. The molecule has 0 fully saturated rings. The van der Waals surface area contributed by atoms with E-state index in [2.05, 4.69) is 36.8 Å². The smallest absolute Gasteiger partial charge is 0.335 e. The molecule has 92 valence electrons. The molecule has 18 heavy (non-hydrogen) atoms. The van der Waals surface area contributed by atoms with E-state index in [1.54, 1.807) is 6.07 Å². The molecule has 0 atom stereocenters. The maximum Gasteiger partial charge on any atom is 0.335 e. The van der Waals surface area contributed by atoms with Crippen molar-refractivity contribution in [3.05, 3.63) is 51.0 Å². The highest BCUT2D eigenvalue weighted by atomic mass is 79.9. The molecule has 6 heteroatoms. The van der Waals surface area contributed by atoms with Gasteiger partial charge in [-0.2, -0.15) is 0 Å². The van der Waals surface area contributed by atoms with Crippen molar-refractivity contribution in [2.45, 2.75) is 0 Å². The molecule has 0 aliphatic carbocycles. The molecule has 0 saturated heterocycles. The monoisotopic (exact) mass is 371 g/mol. The van der Waals surface area contributed by atoms with Crippen molar-refractivity contribution in [2.75, 3.05) is 0 Å². The largest absolute Gasteiger partial charge is 0.478 e. The lowest BCUT2D eigenvalue weighted by atomic mass is 10.3. The van der Waals surface area contributed by atoms with Crippen LogP contribution in [0.5, 0.6) is 11.6 Å². The van der Waals surface area contributed by atoms with Crippen molar-refractivity contribution < 1.29 is 14.6 Å². The highest BCUT2D eigenvalue weighted by Gasteiger charge is 2.08. The molecule has 4 nitrogen and oxygen atoms in total. The van der Waals surface area contributed by atoms with Gasteiger partial charge in [0, 0.05) is 16.7 Å². The lowest BCUT2D eigenvalue weighted by Gasteiger charge is -2.07. The number of rotatable bonds is 3. The highest BCUT2D eigenvalue weighted by molar-refractivity contribution is 9.11. The van der Waals surface area contributed by atoms with Crippen molar-refractivity contribution in [2.24, 2.45) is 0 Å². The number of aromatic carboxylic acids is 1. The number of nitrogens with zero attached hydrogens (tertiary/aromatic N) is 1. The first-order chi connectivity index (χ1) is 8.56. The Bertz CT molecular complexity index is 602. The van der Waals surface area contributed by atoms with E-state index < -0.39 is 5.97 Å². The molecule has 2 aromatic rings. The second kappa shape index (κ2) is 5.49. The van der Waals surface area contributed by atoms with Gasteiger partial charge in [0.2, 0.25) is 5.88 Å². The van der Waals surface area contributed by atoms with E-state index in [-0.39, 0.29) is 11.4 Å². The first-order valence-electron chi connectivity index (χ1n) is 4.88. The Morgan fingerprint density at radius 3 is 2.67 bits per heavy atom. The normalized spacial score (nSPS) is 10.1. The van der Waals surface area contributed by atoms with Gasteiger partial charge in [-0.15, -0.1) is 0 Å². The van der Waals surface area contributed by atoms with E-state index >= 15 is 0 Å². The van der Waals surface area contributed by atoms with Gasteiger partial charge in [0.1, 0.15) is 5.75 Å². The summed E-state index contributed by atoms with van der Waals surface area (Å²) in [5.74, 6) is -0.219. The molecule has 0 spiro atoms. The third-order valence-electron chi connectivity index (χ3n) is 2.09. The van der Waals surface area contributed by atoms with E-state index in [1.165, 1.54) is 18.3 Å². The van der Waals surface area contributed by atoms with Gasteiger partial charge in [0.15, 0.2) is 0 Å². The van der Waals surface area contributed by atoms with E-state index in [0.29, 0.717) is 5.75 Å². The van der Waals surface area contributed by atoms with Crippen LogP contribution in [0.1, 0.15) is 10.4 Å². The van der Waals surface area contributed by atoms with Crippen molar-refractivity contribution in [3.8, 4) is 11.6 Å². The fourth-order valence-corrected chi connectivity index (χ4v) is 2.40. The molecular weight excluding hydrogens is 366 g/mol. The highest BCUT2D eigenvalue weighted by Crippen LogP contribution is 2.31. The van der Waals surface area contributed by atoms with Crippen LogP contribution in [0, 0.1) is 0 Å². The van der Waals surface area contributed by atoms with Gasteiger partial charge < -0.3 is 9.84 Å². The van der Waals surface area contributed by atoms with Gasteiger partial charge in [-0.3, -0.25) is 0 Å². The summed E-state index contributed by atoms with van der Waals surface area (Å²) in [6.45, 7) is 0. The van der Waals surface area contributed by atoms with Crippen LogP contribution in [0.15, 0.2) is 45.5 Å². The summed E-state index contributed by atoms with van der Waals surface area (Å²) >= 11 is 6.69. The first-order valence-corrected chi connectivity index (χ1v) is 6.47. The molecule has 0 amide bonds. The molecule has 0 aliphatic rings. The molecule has 1 aromatic heterocycles. The zero-order chi connectivity index (χ0) is 13.1. The second-order valence-corrected chi connectivity index (χ2v) is 5.13. The number of ether oxygens (including phenoxy) is 1. The molecule has 0 saturated carbocycles. The van der Waals surface area contributed by atoms with E-state index in [4.69, 9.17) is 9.84 Å². The Balaban J connectivity index is 2.28. The predicted molar refractivity (Wildman–Crippen MR) is 73.1 cm³/mol. The molecule has 0 unspecified atom stereocenters. The average Bonchev–Trinajstić information content (AvgIpc) is 2.33. The SMILES string of the molecule is O=C(O)c1ccnc(Oc2ccc(Br)cc2Br)c1. The Morgan fingerprint density at radius 1 is 1.22 bits per heavy atom. The average molecular weight is 373 g/mol. The summed E-state index contributed by atoms with van der Waals surface area (Å²) in [7, 11) is 0. The molecule has 1 heterocycles. The fourth-order valence-electron chi connectivity index (χ4n) is 1.27. The minimum Gasteiger partial charge on any atom is -0.478 e. The third kappa shape index (κ3) is 3.08. The molecular formula is C12H7Br2NO3. The zero-order valence-corrected chi connectivity index (χ0v) is 12.1. The minimum atomic E-state index is -1.02. The van der Waals surface area contributed by atoms with E-state index in [9.17, 15) is 4.79 Å².